The van der Waals surface area contributed by atoms with E-state index in [-0.39, 0.29) is 11.4 Å². The molecule has 1 atom stereocenters. The first-order valence-corrected chi connectivity index (χ1v) is 8.49. The number of nitrogens with zero attached hydrogens (tertiary/aromatic N) is 2. The summed E-state index contributed by atoms with van der Waals surface area (Å²) in [5, 5.41) is 3.49. The summed E-state index contributed by atoms with van der Waals surface area (Å²) >= 11 is 3.32. The zero-order chi connectivity index (χ0) is 15.2. The maximum absolute atomic E-state index is 14.1. The summed E-state index contributed by atoms with van der Waals surface area (Å²) in [6, 6.07) is 9.66. The lowest BCUT2D eigenvalue weighted by Gasteiger charge is -2.42. The van der Waals surface area contributed by atoms with Crippen molar-refractivity contribution in [1.29, 1.82) is 0 Å². The minimum absolute atomic E-state index is 0.128. The Morgan fingerprint density at radius 3 is 3.00 bits per heavy atom. The molecule has 2 aliphatic rings. The van der Waals surface area contributed by atoms with Gasteiger partial charge in [0, 0.05) is 48.1 Å². The SMILES string of the molecule is Fc1cc(Br)ccc1CN1Cc2cccn2[C@@]2(CCNC2)C1. The van der Waals surface area contributed by atoms with Gasteiger partial charge in [-0.1, -0.05) is 22.0 Å². The van der Waals surface area contributed by atoms with Crippen molar-refractivity contribution in [1.82, 2.24) is 14.8 Å². The van der Waals surface area contributed by atoms with Crippen LogP contribution in [0.15, 0.2) is 41.0 Å². The van der Waals surface area contributed by atoms with Crippen LogP contribution in [0.4, 0.5) is 4.39 Å². The summed E-state index contributed by atoms with van der Waals surface area (Å²) in [4.78, 5) is 2.37. The van der Waals surface area contributed by atoms with Gasteiger partial charge >= 0.3 is 0 Å². The van der Waals surface area contributed by atoms with Gasteiger partial charge in [-0.25, -0.2) is 4.39 Å². The first-order chi connectivity index (χ1) is 10.7. The van der Waals surface area contributed by atoms with Crippen LogP contribution in [0, 0.1) is 5.82 Å². The molecule has 0 bridgehead atoms. The number of fused-ring (bicyclic) bond motifs is 2. The Morgan fingerprint density at radius 2 is 2.23 bits per heavy atom. The molecule has 1 fully saturated rings. The van der Waals surface area contributed by atoms with Gasteiger partial charge in [0.25, 0.3) is 0 Å². The van der Waals surface area contributed by atoms with Crippen molar-refractivity contribution < 1.29 is 4.39 Å². The van der Waals surface area contributed by atoms with Crippen molar-refractivity contribution in [2.24, 2.45) is 0 Å². The van der Waals surface area contributed by atoms with Crippen molar-refractivity contribution in [3.63, 3.8) is 0 Å². The van der Waals surface area contributed by atoms with Gasteiger partial charge in [-0.15, -0.1) is 0 Å². The van der Waals surface area contributed by atoms with Crippen molar-refractivity contribution in [2.45, 2.75) is 25.0 Å². The van der Waals surface area contributed by atoms with E-state index >= 15 is 0 Å². The van der Waals surface area contributed by atoms with Gasteiger partial charge in [-0.2, -0.15) is 0 Å². The smallest absolute Gasteiger partial charge is 0.128 e. The van der Waals surface area contributed by atoms with Crippen molar-refractivity contribution in [2.75, 3.05) is 19.6 Å². The molecule has 0 aliphatic carbocycles. The van der Waals surface area contributed by atoms with E-state index in [9.17, 15) is 4.39 Å². The number of benzene rings is 1. The van der Waals surface area contributed by atoms with Crippen molar-refractivity contribution in [3.8, 4) is 0 Å². The minimum atomic E-state index is -0.131. The largest absolute Gasteiger partial charge is 0.342 e. The Balaban J connectivity index is 1.62. The molecule has 2 aromatic rings. The third-order valence-electron chi connectivity index (χ3n) is 4.88. The van der Waals surface area contributed by atoms with Crippen molar-refractivity contribution >= 4 is 15.9 Å². The fourth-order valence-electron chi connectivity index (χ4n) is 3.86. The second-order valence-corrected chi connectivity index (χ2v) is 7.32. The number of hydrogen-bond donors (Lipinski definition) is 1. The first-order valence-electron chi connectivity index (χ1n) is 7.70. The standard InChI is InChI=1S/C17H19BrFN3/c18-14-4-3-13(16(19)8-14)9-21-10-15-2-1-7-22(15)17(12-21)5-6-20-11-17/h1-4,7-8,20H,5-6,9-12H2/t17-/m1/s1. The molecule has 1 N–H and O–H groups in total. The summed E-state index contributed by atoms with van der Waals surface area (Å²) in [5.74, 6) is -0.131. The number of rotatable bonds is 2. The van der Waals surface area contributed by atoms with Crippen LogP contribution >= 0.6 is 15.9 Å². The molecule has 5 heteroatoms. The molecule has 1 aromatic carbocycles. The molecule has 0 saturated carbocycles. The normalized spacial score (nSPS) is 24.8. The number of halogens is 2. The lowest BCUT2D eigenvalue weighted by Crippen LogP contribution is -2.51. The van der Waals surface area contributed by atoms with Crippen LogP contribution in [-0.4, -0.2) is 29.1 Å². The summed E-state index contributed by atoms with van der Waals surface area (Å²) in [5.41, 5.74) is 2.22. The van der Waals surface area contributed by atoms with Crippen molar-refractivity contribution in [3.05, 3.63) is 58.1 Å². The van der Waals surface area contributed by atoms with E-state index in [0.717, 1.165) is 42.6 Å². The second kappa shape index (κ2) is 5.48. The van der Waals surface area contributed by atoms with Gasteiger partial charge in [0.1, 0.15) is 5.82 Å². The Bertz CT molecular complexity index is 691. The Labute approximate surface area is 138 Å². The molecule has 0 radical (unpaired) electrons. The maximum atomic E-state index is 14.1. The number of aromatic nitrogens is 1. The molecular weight excluding hydrogens is 345 g/mol. The average Bonchev–Trinajstić information content (AvgIpc) is 3.12. The van der Waals surface area contributed by atoms with Gasteiger partial charge in [-0.3, -0.25) is 4.90 Å². The zero-order valence-electron chi connectivity index (χ0n) is 12.4. The van der Waals surface area contributed by atoms with E-state index in [4.69, 9.17) is 0 Å². The molecule has 22 heavy (non-hydrogen) atoms. The van der Waals surface area contributed by atoms with Crippen LogP contribution in [0.2, 0.25) is 0 Å². The molecule has 116 valence electrons. The first kappa shape index (κ1) is 14.4. The second-order valence-electron chi connectivity index (χ2n) is 6.40. The highest BCUT2D eigenvalue weighted by molar-refractivity contribution is 9.10. The molecule has 1 aromatic heterocycles. The monoisotopic (exact) mass is 363 g/mol. The molecular formula is C17H19BrFN3. The third kappa shape index (κ3) is 2.41. The Kier molecular flexibility index (Phi) is 3.59. The van der Waals surface area contributed by atoms with Crippen LogP contribution in [0.25, 0.3) is 0 Å². The third-order valence-corrected chi connectivity index (χ3v) is 5.37. The van der Waals surface area contributed by atoms with E-state index < -0.39 is 0 Å². The molecule has 4 rings (SSSR count). The quantitative estimate of drug-likeness (QED) is 0.884. The lowest BCUT2D eigenvalue weighted by molar-refractivity contribution is 0.113. The van der Waals surface area contributed by atoms with E-state index in [1.165, 1.54) is 5.69 Å². The predicted molar refractivity (Wildman–Crippen MR) is 88.1 cm³/mol. The van der Waals surface area contributed by atoms with Gasteiger partial charge in [0.15, 0.2) is 0 Å². The molecule has 3 nitrogen and oxygen atoms in total. The van der Waals surface area contributed by atoms with Gasteiger partial charge in [-0.05, 0) is 37.2 Å². The molecule has 1 saturated heterocycles. The fourth-order valence-corrected chi connectivity index (χ4v) is 4.19. The fraction of sp³-hybridized carbons (Fsp3) is 0.412. The van der Waals surface area contributed by atoms with Crippen LogP contribution in [0.5, 0.6) is 0 Å². The highest BCUT2D eigenvalue weighted by Gasteiger charge is 2.41. The predicted octanol–water partition coefficient (Wildman–Crippen LogP) is 3.09. The summed E-state index contributed by atoms with van der Waals surface area (Å²) < 4.78 is 17.4. The summed E-state index contributed by atoms with van der Waals surface area (Å²) in [6.07, 6.45) is 3.33. The number of nitrogens with one attached hydrogen (secondary N) is 1. The molecule has 1 spiro atoms. The van der Waals surface area contributed by atoms with E-state index in [2.05, 4.69) is 49.0 Å². The summed E-state index contributed by atoms with van der Waals surface area (Å²) in [7, 11) is 0. The average molecular weight is 364 g/mol. The molecule has 0 amide bonds. The highest BCUT2D eigenvalue weighted by atomic mass is 79.9. The summed E-state index contributed by atoms with van der Waals surface area (Å²) in [6.45, 7) is 4.56. The van der Waals surface area contributed by atoms with E-state index in [0.29, 0.717) is 6.54 Å². The lowest BCUT2D eigenvalue weighted by atomic mass is 9.94. The topological polar surface area (TPSA) is 20.2 Å². The van der Waals surface area contributed by atoms with Crippen LogP contribution < -0.4 is 5.32 Å². The Hall–Kier alpha value is -1.17. The van der Waals surface area contributed by atoms with Crippen LogP contribution in [-0.2, 0) is 18.6 Å². The Morgan fingerprint density at radius 1 is 1.32 bits per heavy atom. The van der Waals surface area contributed by atoms with Gasteiger partial charge in [0.2, 0.25) is 0 Å². The maximum Gasteiger partial charge on any atom is 0.128 e. The molecule has 3 heterocycles. The highest BCUT2D eigenvalue weighted by Crippen LogP contribution is 2.33. The molecule has 2 aliphatic heterocycles. The number of hydrogen-bond acceptors (Lipinski definition) is 2. The van der Waals surface area contributed by atoms with E-state index in [1.807, 2.05) is 12.1 Å². The zero-order valence-corrected chi connectivity index (χ0v) is 13.9. The van der Waals surface area contributed by atoms with E-state index in [1.54, 1.807) is 6.07 Å². The van der Waals surface area contributed by atoms with Crippen LogP contribution in [0.1, 0.15) is 17.7 Å². The van der Waals surface area contributed by atoms with Gasteiger partial charge < -0.3 is 9.88 Å². The van der Waals surface area contributed by atoms with Gasteiger partial charge in [0.05, 0.1) is 5.54 Å². The molecule has 0 unspecified atom stereocenters. The minimum Gasteiger partial charge on any atom is -0.342 e. The van der Waals surface area contributed by atoms with Crippen LogP contribution in [0.3, 0.4) is 0 Å².